The summed E-state index contributed by atoms with van der Waals surface area (Å²) in [6.45, 7) is 2.78. The van der Waals surface area contributed by atoms with Crippen molar-refractivity contribution in [1.29, 1.82) is 0 Å². The van der Waals surface area contributed by atoms with Crippen LogP contribution in [-0.4, -0.2) is 36.0 Å². The molecule has 3 heterocycles. The number of ether oxygens (including phenoxy) is 1. The van der Waals surface area contributed by atoms with Gasteiger partial charge in [0.1, 0.15) is 11.5 Å². The van der Waals surface area contributed by atoms with Gasteiger partial charge >= 0.3 is 0 Å². The van der Waals surface area contributed by atoms with Crippen LogP contribution in [0.4, 0.5) is 0 Å². The highest BCUT2D eigenvalue weighted by atomic mass is 16.5. The monoisotopic (exact) mass is 395 g/mol. The minimum absolute atomic E-state index is 0.0423. The summed E-state index contributed by atoms with van der Waals surface area (Å²) in [6.07, 6.45) is 5.03. The van der Waals surface area contributed by atoms with Gasteiger partial charge in [0.2, 0.25) is 11.8 Å². The number of rotatable bonds is 7. The van der Waals surface area contributed by atoms with E-state index in [9.17, 15) is 4.79 Å². The van der Waals surface area contributed by atoms with Crippen LogP contribution in [0, 0.1) is 5.92 Å². The minimum Gasteiger partial charge on any atom is -0.497 e. The summed E-state index contributed by atoms with van der Waals surface area (Å²) in [4.78, 5) is 19.0. The molecular weight excluding hydrogens is 370 g/mol. The molecule has 0 saturated carbocycles. The zero-order chi connectivity index (χ0) is 20.1. The van der Waals surface area contributed by atoms with Crippen molar-refractivity contribution in [3.63, 3.8) is 0 Å². The first-order chi connectivity index (χ1) is 14.2. The van der Waals surface area contributed by atoms with Gasteiger partial charge in [0.05, 0.1) is 32.7 Å². The standard InChI is InChI=1S/C22H25N3O4/c1-27-18-6-4-16(5-7-18)20-14-23-21(29-20)15-25-10-8-17(9-11-25)22(26)24-13-19-3-2-12-28-19/h2-7,12,14,17H,8-11,13,15H2,1H3,(H,24,26). The van der Waals surface area contributed by atoms with Gasteiger partial charge in [-0.1, -0.05) is 0 Å². The molecule has 0 bridgehead atoms. The molecule has 7 nitrogen and oxygen atoms in total. The quantitative estimate of drug-likeness (QED) is 0.660. The normalized spacial score (nSPS) is 15.3. The van der Waals surface area contributed by atoms with Crippen LogP contribution >= 0.6 is 0 Å². The van der Waals surface area contributed by atoms with Crippen LogP contribution in [-0.2, 0) is 17.9 Å². The highest BCUT2D eigenvalue weighted by Crippen LogP contribution is 2.25. The molecular formula is C22H25N3O4. The summed E-state index contributed by atoms with van der Waals surface area (Å²) in [5.41, 5.74) is 0.969. The van der Waals surface area contributed by atoms with Crippen LogP contribution in [0.5, 0.6) is 5.75 Å². The number of piperidine rings is 1. The zero-order valence-corrected chi connectivity index (χ0v) is 16.5. The van der Waals surface area contributed by atoms with E-state index in [1.807, 2.05) is 36.4 Å². The lowest BCUT2D eigenvalue weighted by atomic mass is 9.96. The fraction of sp³-hybridized carbons (Fsp3) is 0.364. The molecule has 0 atom stereocenters. The highest BCUT2D eigenvalue weighted by molar-refractivity contribution is 5.78. The number of methoxy groups -OCH3 is 1. The van der Waals surface area contributed by atoms with E-state index in [-0.39, 0.29) is 11.8 Å². The largest absolute Gasteiger partial charge is 0.497 e. The third-order valence-electron chi connectivity index (χ3n) is 5.26. The summed E-state index contributed by atoms with van der Waals surface area (Å²) in [7, 11) is 1.65. The van der Waals surface area contributed by atoms with Gasteiger partial charge in [0.25, 0.3) is 0 Å². The van der Waals surface area contributed by atoms with Crippen molar-refractivity contribution in [2.45, 2.75) is 25.9 Å². The fourth-order valence-corrected chi connectivity index (χ4v) is 3.55. The van der Waals surface area contributed by atoms with E-state index < -0.39 is 0 Å². The molecule has 152 valence electrons. The van der Waals surface area contributed by atoms with Gasteiger partial charge < -0.3 is 18.9 Å². The molecule has 4 rings (SSSR count). The Morgan fingerprint density at radius 3 is 2.72 bits per heavy atom. The number of hydrogen-bond acceptors (Lipinski definition) is 6. The second-order valence-electron chi connectivity index (χ2n) is 7.19. The van der Waals surface area contributed by atoms with Crippen molar-refractivity contribution in [3.8, 4) is 17.1 Å². The minimum atomic E-state index is 0.0423. The smallest absolute Gasteiger partial charge is 0.223 e. The van der Waals surface area contributed by atoms with E-state index >= 15 is 0 Å². The Bertz CT molecular complexity index is 910. The summed E-state index contributed by atoms with van der Waals surface area (Å²) in [5.74, 6) is 3.16. The lowest BCUT2D eigenvalue weighted by Gasteiger charge is -2.30. The number of amides is 1. The number of likely N-dealkylation sites (tertiary alicyclic amines) is 1. The van der Waals surface area contributed by atoms with Gasteiger partial charge in [-0.05, 0) is 62.3 Å². The van der Waals surface area contributed by atoms with E-state index in [4.69, 9.17) is 13.6 Å². The maximum absolute atomic E-state index is 12.4. The number of aromatic nitrogens is 1. The average molecular weight is 395 g/mol. The first-order valence-corrected chi connectivity index (χ1v) is 9.83. The summed E-state index contributed by atoms with van der Waals surface area (Å²) >= 11 is 0. The van der Waals surface area contributed by atoms with Crippen LogP contribution in [0.3, 0.4) is 0 Å². The van der Waals surface area contributed by atoms with Crippen molar-refractivity contribution in [2.75, 3.05) is 20.2 Å². The molecule has 0 spiro atoms. The number of hydrogen-bond donors (Lipinski definition) is 1. The predicted molar refractivity (Wildman–Crippen MR) is 107 cm³/mol. The molecule has 1 aliphatic heterocycles. The van der Waals surface area contributed by atoms with Crippen molar-refractivity contribution < 1.29 is 18.4 Å². The fourth-order valence-electron chi connectivity index (χ4n) is 3.55. The topological polar surface area (TPSA) is 80.7 Å². The Balaban J connectivity index is 1.25. The Kier molecular flexibility index (Phi) is 5.95. The second-order valence-corrected chi connectivity index (χ2v) is 7.19. The van der Waals surface area contributed by atoms with Crippen molar-refractivity contribution >= 4 is 5.91 Å². The van der Waals surface area contributed by atoms with E-state index in [0.29, 0.717) is 19.0 Å². The lowest BCUT2D eigenvalue weighted by molar-refractivity contribution is -0.126. The molecule has 1 saturated heterocycles. The van der Waals surface area contributed by atoms with Gasteiger partial charge in [-0.2, -0.15) is 0 Å². The molecule has 1 aliphatic rings. The molecule has 0 radical (unpaired) electrons. The molecule has 3 aromatic rings. The van der Waals surface area contributed by atoms with Crippen LogP contribution in [0.25, 0.3) is 11.3 Å². The van der Waals surface area contributed by atoms with Gasteiger partial charge in [-0.3, -0.25) is 9.69 Å². The molecule has 1 N–H and O–H groups in total. The van der Waals surface area contributed by atoms with Gasteiger partial charge in [-0.15, -0.1) is 0 Å². The third-order valence-corrected chi connectivity index (χ3v) is 5.26. The van der Waals surface area contributed by atoms with Gasteiger partial charge in [0, 0.05) is 11.5 Å². The number of nitrogens with zero attached hydrogens (tertiary/aromatic N) is 2. The number of carbonyl (C=O) groups is 1. The van der Waals surface area contributed by atoms with Gasteiger partial charge in [-0.25, -0.2) is 4.98 Å². The molecule has 1 amide bonds. The van der Waals surface area contributed by atoms with Crippen molar-refractivity contribution in [2.24, 2.45) is 5.92 Å². The van der Waals surface area contributed by atoms with Crippen LogP contribution in [0.1, 0.15) is 24.5 Å². The van der Waals surface area contributed by atoms with E-state index in [0.717, 1.165) is 48.8 Å². The Hall–Kier alpha value is -3.06. The molecule has 1 fully saturated rings. The number of nitrogens with one attached hydrogen (secondary N) is 1. The predicted octanol–water partition coefficient (Wildman–Crippen LogP) is 3.47. The Morgan fingerprint density at radius 1 is 1.24 bits per heavy atom. The highest BCUT2D eigenvalue weighted by Gasteiger charge is 2.25. The Labute approximate surface area is 169 Å². The number of benzene rings is 1. The number of oxazole rings is 1. The lowest BCUT2D eigenvalue weighted by Crippen LogP contribution is -2.40. The maximum Gasteiger partial charge on any atom is 0.223 e. The Morgan fingerprint density at radius 2 is 2.03 bits per heavy atom. The third kappa shape index (κ3) is 4.86. The zero-order valence-electron chi connectivity index (χ0n) is 16.5. The summed E-state index contributed by atoms with van der Waals surface area (Å²) in [5, 5.41) is 2.96. The van der Waals surface area contributed by atoms with Crippen molar-refractivity contribution in [1.82, 2.24) is 15.2 Å². The van der Waals surface area contributed by atoms with Crippen LogP contribution < -0.4 is 10.1 Å². The average Bonchev–Trinajstić information content (AvgIpc) is 3.45. The summed E-state index contributed by atoms with van der Waals surface area (Å²) in [6, 6.07) is 11.4. The van der Waals surface area contributed by atoms with E-state index in [2.05, 4.69) is 15.2 Å². The number of furan rings is 1. The second kappa shape index (κ2) is 8.96. The molecule has 7 heteroatoms. The number of carbonyl (C=O) groups excluding carboxylic acids is 1. The first-order valence-electron chi connectivity index (χ1n) is 9.83. The molecule has 0 aliphatic carbocycles. The molecule has 0 unspecified atom stereocenters. The molecule has 29 heavy (non-hydrogen) atoms. The van der Waals surface area contributed by atoms with Crippen molar-refractivity contribution in [3.05, 3.63) is 60.5 Å². The van der Waals surface area contributed by atoms with Gasteiger partial charge in [0.15, 0.2) is 5.76 Å². The SMILES string of the molecule is COc1ccc(-c2cnc(CN3CCC(C(=O)NCc4ccco4)CC3)o2)cc1. The van der Waals surface area contributed by atoms with Crippen LogP contribution in [0.15, 0.2) is 57.7 Å². The van der Waals surface area contributed by atoms with E-state index in [1.165, 1.54) is 0 Å². The molecule has 1 aromatic carbocycles. The van der Waals surface area contributed by atoms with Crippen LogP contribution in [0.2, 0.25) is 0 Å². The summed E-state index contributed by atoms with van der Waals surface area (Å²) < 4.78 is 16.4. The first kappa shape index (κ1) is 19.3. The molecule has 2 aromatic heterocycles. The maximum atomic E-state index is 12.4. The van der Waals surface area contributed by atoms with E-state index in [1.54, 1.807) is 19.6 Å².